The van der Waals surface area contributed by atoms with Crippen molar-refractivity contribution in [3.8, 4) is 23.0 Å². The number of hydrogen-bond acceptors (Lipinski definition) is 2. The van der Waals surface area contributed by atoms with Crippen LogP contribution in [-0.4, -0.2) is 18.5 Å². The third-order valence-electron chi connectivity index (χ3n) is 4.99. The van der Waals surface area contributed by atoms with Gasteiger partial charge >= 0.3 is 0 Å². The molecule has 1 heterocycles. The Labute approximate surface area is 192 Å². The van der Waals surface area contributed by atoms with E-state index in [1.807, 2.05) is 6.08 Å². The van der Waals surface area contributed by atoms with E-state index in [0.717, 1.165) is 25.9 Å². The number of benzene rings is 2. The molecular weight excluding hydrogens is 394 g/mol. The number of rotatable bonds is 8. The summed E-state index contributed by atoms with van der Waals surface area (Å²) in [5.74, 6) is 6.38. The maximum absolute atomic E-state index is 3.24. The topological polar surface area (TPSA) is 3.24 Å². The predicted molar refractivity (Wildman–Crippen MR) is 136 cm³/mol. The van der Waals surface area contributed by atoms with Gasteiger partial charge in [0.2, 0.25) is 0 Å². The van der Waals surface area contributed by atoms with Crippen LogP contribution in [0.15, 0.2) is 77.5 Å². The monoisotopic (exact) mass is 427 g/mol. The maximum atomic E-state index is 3.24. The fourth-order valence-corrected chi connectivity index (χ4v) is 4.10. The van der Waals surface area contributed by atoms with E-state index in [0.29, 0.717) is 0 Å². The molecule has 0 amide bonds. The largest absolute Gasteiger partial charge is 0.298 e. The molecular formula is C29H33NS. The first-order chi connectivity index (χ1) is 14.9. The second-order valence-corrected chi connectivity index (χ2v) is 9.93. The smallest absolute Gasteiger partial charge is 0.0234 e. The Morgan fingerprint density at radius 1 is 0.903 bits per heavy atom. The van der Waals surface area contributed by atoms with Crippen LogP contribution in [0.3, 0.4) is 0 Å². The van der Waals surface area contributed by atoms with Gasteiger partial charge in [-0.15, -0.1) is 0 Å². The van der Waals surface area contributed by atoms with Gasteiger partial charge in [-0.25, -0.2) is 0 Å². The highest BCUT2D eigenvalue weighted by Crippen LogP contribution is 2.23. The minimum atomic E-state index is 0.0574. The van der Waals surface area contributed by atoms with Crippen molar-refractivity contribution in [1.82, 2.24) is 4.90 Å². The molecule has 2 aromatic carbocycles. The quantitative estimate of drug-likeness (QED) is 0.343. The zero-order valence-electron chi connectivity index (χ0n) is 19.2. The van der Waals surface area contributed by atoms with E-state index in [9.17, 15) is 0 Å². The van der Waals surface area contributed by atoms with E-state index in [4.69, 9.17) is 0 Å². The number of thiophene rings is 1. The molecule has 0 unspecified atom stereocenters. The first kappa shape index (κ1) is 23.1. The summed E-state index contributed by atoms with van der Waals surface area (Å²) in [5, 5.41) is 4.35. The van der Waals surface area contributed by atoms with Crippen molar-refractivity contribution in [2.75, 3.05) is 13.6 Å². The molecule has 31 heavy (non-hydrogen) atoms. The number of likely N-dealkylation sites (N-methyl/N-ethyl adjacent to an activating group) is 1. The second-order valence-electron chi connectivity index (χ2n) is 9.15. The summed E-state index contributed by atoms with van der Waals surface area (Å²) >= 11 is 1.75. The maximum Gasteiger partial charge on any atom is 0.0234 e. The third-order valence-corrected chi connectivity index (χ3v) is 5.68. The van der Waals surface area contributed by atoms with Crippen LogP contribution < -0.4 is 0 Å². The lowest BCUT2D eigenvalue weighted by atomic mass is 9.98. The Kier molecular flexibility index (Phi) is 8.29. The molecule has 0 spiro atoms. The number of hydrogen-bond donors (Lipinski definition) is 0. The highest BCUT2D eigenvalue weighted by atomic mass is 32.1. The molecule has 0 atom stereocenters. The van der Waals surface area contributed by atoms with Crippen LogP contribution >= 0.6 is 11.3 Å². The summed E-state index contributed by atoms with van der Waals surface area (Å²) in [4.78, 5) is 2.32. The molecule has 0 fully saturated rings. The zero-order valence-corrected chi connectivity index (χ0v) is 20.0. The molecule has 160 valence electrons. The van der Waals surface area contributed by atoms with Crippen LogP contribution in [-0.2, 0) is 19.4 Å². The Hall–Kier alpha value is -2.60. The Bertz CT molecular complexity index is 1040. The molecule has 0 aliphatic carbocycles. The lowest BCUT2D eigenvalue weighted by Gasteiger charge is -2.15. The van der Waals surface area contributed by atoms with Crippen molar-refractivity contribution in [3.05, 3.63) is 94.2 Å². The zero-order chi connectivity index (χ0) is 22.1. The van der Waals surface area contributed by atoms with E-state index in [1.165, 1.54) is 27.8 Å². The summed E-state index contributed by atoms with van der Waals surface area (Å²) in [7, 11) is 2.16. The lowest BCUT2D eigenvalue weighted by Crippen LogP contribution is -2.17. The van der Waals surface area contributed by atoms with Crippen LogP contribution in [0.1, 0.15) is 37.5 Å². The van der Waals surface area contributed by atoms with E-state index in [2.05, 4.69) is 116 Å². The molecule has 3 aromatic rings. The molecule has 0 saturated heterocycles. The number of nitrogens with zero attached hydrogens (tertiary/aromatic N) is 1. The van der Waals surface area contributed by atoms with Gasteiger partial charge in [-0.2, -0.15) is 11.3 Å². The first-order valence-electron chi connectivity index (χ1n) is 10.9. The summed E-state index contributed by atoms with van der Waals surface area (Å²) in [6.45, 7) is 8.24. The van der Waals surface area contributed by atoms with Gasteiger partial charge < -0.3 is 0 Å². The fourth-order valence-electron chi connectivity index (χ4n) is 3.43. The van der Waals surface area contributed by atoms with Crippen molar-refractivity contribution in [3.63, 3.8) is 0 Å². The SMILES string of the molecule is CN(CC=CC#CC(C)(C)C)Cc1cccc(CCc2cccc(-c3ccsc3)c2)c1. The highest BCUT2D eigenvalue weighted by Gasteiger charge is 2.04. The van der Waals surface area contributed by atoms with Crippen LogP contribution in [0, 0.1) is 17.3 Å². The summed E-state index contributed by atoms with van der Waals surface area (Å²) in [6.07, 6.45) is 6.24. The van der Waals surface area contributed by atoms with E-state index in [-0.39, 0.29) is 5.41 Å². The highest BCUT2D eigenvalue weighted by molar-refractivity contribution is 7.08. The van der Waals surface area contributed by atoms with E-state index in [1.54, 1.807) is 11.3 Å². The molecule has 0 N–H and O–H groups in total. The molecule has 0 aliphatic rings. The minimum Gasteiger partial charge on any atom is -0.298 e. The van der Waals surface area contributed by atoms with Gasteiger partial charge in [0.05, 0.1) is 0 Å². The lowest BCUT2D eigenvalue weighted by molar-refractivity contribution is 0.363. The average molecular weight is 428 g/mol. The minimum absolute atomic E-state index is 0.0574. The standard InChI is InChI=1S/C29H33NS/c1-29(2,3)17-6-5-7-18-30(4)22-26-12-8-10-24(20-26)14-15-25-11-9-13-27(21-25)28-16-19-31-23-28/h5,7-13,16,19-21,23H,14-15,18,22H2,1-4H3. The first-order valence-corrected chi connectivity index (χ1v) is 11.9. The van der Waals surface area contributed by atoms with Gasteiger partial charge in [0.25, 0.3) is 0 Å². The van der Waals surface area contributed by atoms with Crippen molar-refractivity contribution in [2.24, 2.45) is 5.41 Å². The van der Waals surface area contributed by atoms with Gasteiger partial charge in [-0.1, -0.05) is 66.4 Å². The Morgan fingerprint density at radius 3 is 2.32 bits per heavy atom. The molecule has 1 nitrogen and oxygen atoms in total. The fraction of sp³-hybridized carbons (Fsp3) is 0.310. The van der Waals surface area contributed by atoms with Crippen LogP contribution in [0.4, 0.5) is 0 Å². The van der Waals surface area contributed by atoms with Crippen molar-refractivity contribution in [1.29, 1.82) is 0 Å². The normalized spacial score (nSPS) is 11.6. The third kappa shape index (κ3) is 8.21. The van der Waals surface area contributed by atoms with Gasteiger partial charge in [-0.05, 0) is 91.4 Å². The average Bonchev–Trinajstić information content (AvgIpc) is 3.27. The summed E-state index contributed by atoms with van der Waals surface area (Å²) in [6, 6.07) is 20.1. The van der Waals surface area contributed by atoms with Crippen molar-refractivity contribution < 1.29 is 0 Å². The molecule has 0 bridgehead atoms. The summed E-state index contributed by atoms with van der Waals surface area (Å²) < 4.78 is 0. The number of allylic oxidation sites excluding steroid dienone is 1. The number of aryl methyl sites for hydroxylation is 2. The van der Waals surface area contributed by atoms with Gasteiger partial charge in [0.1, 0.15) is 0 Å². The van der Waals surface area contributed by atoms with Crippen molar-refractivity contribution >= 4 is 11.3 Å². The summed E-state index contributed by atoms with van der Waals surface area (Å²) in [5.41, 5.74) is 6.85. The second kappa shape index (κ2) is 11.1. The molecule has 2 heteroatoms. The Balaban J connectivity index is 1.53. The van der Waals surface area contributed by atoms with Gasteiger partial charge in [0.15, 0.2) is 0 Å². The predicted octanol–water partition coefficient (Wildman–Crippen LogP) is 7.24. The van der Waals surface area contributed by atoms with E-state index < -0.39 is 0 Å². The van der Waals surface area contributed by atoms with Crippen LogP contribution in [0.5, 0.6) is 0 Å². The Morgan fingerprint density at radius 2 is 1.61 bits per heavy atom. The van der Waals surface area contributed by atoms with Crippen LogP contribution in [0.2, 0.25) is 0 Å². The van der Waals surface area contributed by atoms with Crippen molar-refractivity contribution in [2.45, 2.75) is 40.2 Å². The van der Waals surface area contributed by atoms with Gasteiger partial charge in [-0.3, -0.25) is 4.90 Å². The molecule has 3 rings (SSSR count). The molecule has 0 saturated carbocycles. The molecule has 0 aliphatic heterocycles. The van der Waals surface area contributed by atoms with E-state index >= 15 is 0 Å². The van der Waals surface area contributed by atoms with Crippen LogP contribution in [0.25, 0.3) is 11.1 Å². The van der Waals surface area contributed by atoms with Gasteiger partial charge in [0, 0.05) is 18.5 Å². The molecule has 1 aromatic heterocycles. The molecule has 0 radical (unpaired) electrons.